The molecule has 1 fully saturated rings. The molecule has 3 amide bonds. The number of nitrogens with zero attached hydrogens (tertiary/aromatic N) is 2. The first kappa shape index (κ1) is 22.4. The first-order valence-corrected chi connectivity index (χ1v) is 12.3. The second-order valence-corrected chi connectivity index (χ2v) is 10.1. The van der Waals surface area contributed by atoms with Crippen molar-refractivity contribution in [1.29, 1.82) is 0 Å². The lowest BCUT2D eigenvalue weighted by Gasteiger charge is -2.33. The van der Waals surface area contributed by atoms with Crippen molar-refractivity contribution in [2.75, 3.05) is 32.7 Å². The Morgan fingerprint density at radius 3 is 2.38 bits per heavy atom. The van der Waals surface area contributed by atoms with Crippen molar-refractivity contribution in [3.63, 3.8) is 0 Å². The standard InChI is InChI=1S/C23H28N4O4S/c28-22(25-23(29)24-16-18-5-2-1-3-6-18)17-26-11-13-27(14-12-26)32(30,31)21-10-9-19-7-4-8-20(19)15-21/h1-3,5-6,9-10,15H,4,7-8,11-14,16-17H2,(H2,24,25,28,29). The third-order valence-corrected chi connectivity index (χ3v) is 7.85. The number of piperazine rings is 1. The van der Waals surface area contributed by atoms with Crippen LogP contribution < -0.4 is 10.6 Å². The minimum atomic E-state index is -3.55. The number of carbonyl (C=O) groups is 2. The van der Waals surface area contributed by atoms with E-state index in [0.29, 0.717) is 37.6 Å². The van der Waals surface area contributed by atoms with Gasteiger partial charge in [-0.1, -0.05) is 36.4 Å². The van der Waals surface area contributed by atoms with E-state index in [1.54, 1.807) is 6.07 Å². The van der Waals surface area contributed by atoms with Crippen LogP contribution in [0.25, 0.3) is 0 Å². The summed E-state index contributed by atoms with van der Waals surface area (Å²) in [5.74, 6) is -0.412. The number of hydrogen-bond donors (Lipinski definition) is 2. The molecule has 0 saturated carbocycles. The van der Waals surface area contributed by atoms with Gasteiger partial charge in [0.1, 0.15) is 0 Å². The van der Waals surface area contributed by atoms with Crippen LogP contribution in [0.5, 0.6) is 0 Å². The molecule has 170 valence electrons. The highest BCUT2D eigenvalue weighted by molar-refractivity contribution is 7.89. The molecule has 1 heterocycles. The number of sulfonamides is 1. The first-order valence-electron chi connectivity index (χ1n) is 10.9. The first-order chi connectivity index (χ1) is 15.4. The summed E-state index contributed by atoms with van der Waals surface area (Å²) in [6.07, 6.45) is 3.02. The highest BCUT2D eigenvalue weighted by Gasteiger charge is 2.30. The van der Waals surface area contributed by atoms with Crippen LogP contribution in [0.2, 0.25) is 0 Å². The van der Waals surface area contributed by atoms with Gasteiger partial charge < -0.3 is 5.32 Å². The molecule has 0 aromatic heterocycles. The van der Waals surface area contributed by atoms with E-state index in [-0.39, 0.29) is 6.54 Å². The second-order valence-electron chi connectivity index (χ2n) is 8.18. The maximum Gasteiger partial charge on any atom is 0.321 e. The molecule has 9 heteroatoms. The van der Waals surface area contributed by atoms with Gasteiger partial charge in [-0.05, 0) is 48.1 Å². The molecule has 32 heavy (non-hydrogen) atoms. The molecule has 1 saturated heterocycles. The number of rotatable bonds is 6. The number of urea groups is 1. The van der Waals surface area contributed by atoms with Gasteiger partial charge in [0.15, 0.2) is 0 Å². The Morgan fingerprint density at radius 2 is 1.62 bits per heavy atom. The number of benzene rings is 2. The number of amides is 3. The van der Waals surface area contributed by atoms with Gasteiger partial charge in [-0.25, -0.2) is 13.2 Å². The lowest BCUT2D eigenvalue weighted by Crippen LogP contribution is -2.52. The SMILES string of the molecule is O=C(CN1CCN(S(=O)(=O)c2ccc3c(c2)CCC3)CC1)NC(=O)NCc1ccccc1. The lowest BCUT2D eigenvalue weighted by molar-refractivity contribution is -0.121. The van der Waals surface area contributed by atoms with Gasteiger partial charge in [0, 0.05) is 32.7 Å². The molecular weight excluding hydrogens is 428 g/mol. The van der Waals surface area contributed by atoms with E-state index in [1.165, 1.54) is 9.87 Å². The molecule has 1 aliphatic carbocycles. The zero-order chi connectivity index (χ0) is 22.6. The molecule has 2 N–H and O–H groups in total. The zero-order valence-corrected chi connectivity index (χ0v) is 18.7. The molecule has 0 spiro atoms. The molecule has 2 aromatic rings. The van der Waals surface area contributed by atoms with Crippen LogP contribution in [0.4, 0.5) is 4.79 Å². The summed E-state index contributed by atoms with van der Waals surface area (Å²) in [4.78, 5) is 26.3. The van der Waals surface area contributed by atoms with Crippen LogP contribution in [-0.4, -0.2) is 62.3 Å². The Kier molecular flexibility index (Phi) is 6.88. The van der Waals surface area contributed by atoms with E-state index in [4.69, 9.17) is 0 Å². The van der Waals surface area contributed by atoms with Crippen LogP contribution in [0, 0.1) is 0 Å². The van der Waals surface area contributed by atoms with E-state index >= 15 is 0 Å². The Hall–Kier alpha value is -2.75. The third kappa shape index (κ3) is 5.35. The summed E-state index contributed by atoms with van der Waals surface area (Å²) in [6.45, 7) is 1.87. The normalized spacial score (nSPS) is 17.0. The van der Waals surface area contributed by atoms with Crippen molar-refractivity contribution >= 4 is 22.0 Å². The van der Waals surface area contributed by atoms with Crippen molar-refractivity contribution in [3.05, 3.63) is 65.2 Å². The van der Waals surface area contributed by atoms with E-state index < -0.39 is 22.0 Å². The predicted octanol–water partition coefficient (Wildman–Crippen LogP) is 1.51. The Balaban J connectivity index is 1.23. The average Bonchev–Trinajstić information content (AvgIpc) is 3.27. The van der Waals surface area contributed by atoms with Crippen LogP contribution in [0.1, 0.15) is 23.1 Å². The van der Waals surface area contributed by atoms with E-state index in [2.05, 4.69) is 10.6 Å². The summed E-state index contributed by atoms with van der Waals surface area (Å²) >= 11 is 0. The van der Waals surface area contributed by atoms with E-state index in [1.807, 2.05) is 47.4 Å². The molecule has 0 atom stereocenters. The Bertz CT molecular complexity index is 1080. The molecule has 2 aliphatic rings. The van der Waals surface area contributed by atoms with Crippen molar-refractivity contribution < 1.29 is 18.0 Å². The third-order valence-electron chi connectivity index (χ3n) is 5.96. The fourth-order valence-electron chi connectivity index (χ4n) is 4.18. The van der Waals surface area contributed by atoms with Crippen LogP contribution in [0.15, 0.2) is 53.4 Å². The molecule has 8 nitrogen and oxygen atoms in total. The fraction of sp³-hybridized carbons (Fsp3) is 0.391. The van der Waals surface area contributed by atoms with Gasteiger partial charge in [-0.3, -0.25) is 15.0 Å². The number of fused-ring (bicyclic) bond motifs is 1. The lowest BCUT2D eigenvalue weighted by atomic mass is 10.1. The Labute approximate surface area is 188 Å². The molecule has 0 radical (unpaired) electrons. The Morgan fingerprint density at radius 1 is 0.906 bits per heavy atom. The summed E-state index contributed by atoms with van der Waals surface area (Å²) in [7, 11) is -3.55. The average molecular weight is 457 g/mol. The minimum absolute atomic E-state index is 0.0471. The molecule has 0 unspecified atom stereocenters. The van der Waals surface area contributed by atoms with Crippen LogP contribution in [-0.2, 0) is 34.2 Å². The molecule has 0 bridgehead atoms. The van der Waals surface area contributed by atoms with E-state index in [0.717, 1.165) is 30.4 Å². The largest absolute Gasteiger partial charge is 0.334 e. The van der Waals surface area contributed by atoms with Gasteiger partial charge >= 0.3 is 6.03 Å². The molecule has 2 aromatic carbocycles. The summed E-state index contributed by atoms with van der Waals surface area (Å²) in [6, 6.07) is 14.3. The van der Waals surface area contributed by atoms with Gasteiger partial charge in [-0.15, -0.1) is 0 Å². The second kappa shape index (κ2) is 9.81. The van der Waals surface area contributed by atoms with Gasteiger partial charge in [0.2, 0.25) is 15.9 Å². The minimum Gasteiger partial charge on any atom is -0.334 e. The molecule has 1 aliphatic heterocycles. The zero-order valence-electron chi connectivity index (χ0n) is 17.9. The summed E-state index contributed by atoms with van der Waals surface area (Å²) in [5.41, 5.74) is 3.32. The quantitative estimate of drug-likeness (QED) is 0.687. The van der Waals surface area contributed by atoms with Crippen LogP contribution >= 0.6 is 0 Å². The summed E-state index contributed by atoms with van der Waals surface area (Å²) < 4.78 is 27.5. The maximum atomic E-state index is 13.0. The highest BCUT2D eigenvalue weighted by Crippen LogP contribution is 2.26. The maximum absolute atomic E-state index is 13.0. The van der Waals surface area contributed by atoms with Crippen LogP contribution in [0.3, 0.4) is 0 Å². The smallest absolute Gasteiger partial charge is 0.321 e. The van der Waals surface area contributed by atoms with Crippen molar-refractivity contribution in [3.8, 4) is 0 Å². The van der Waals surface area contributed by atoms with Crippen molar-refractivity contribution in [2.45, 2.75) is 30.7 Å². The summed E-state index contributed by atoms with van der Waals surface area (Å²) in [5, 5.41) is 4.98. The van der Waals surface area contributed by atoms with Crippen molar-refractivity contribution in [2.24, 2.45) is 0 Å². The topological polar surface area (TPSA) is 98.8 Å². The van der Waals surface area contributed by atoms with Gasteiger partial charge in [-0.2, -0.15) is 4.31 Å². The molecular formula is C23H28N4O4S. The number of imide groups is 1. The fourth-order valence-corrected chi connectivity index (χ4v) is 5.65. The number of carbonyl (C=O) groups excluding carboxylic acids is 2. The number of aryl methyl sites for hydroxylation is 2. The predicted molar refractivity (Wildman–Crippen MR) is 120 cm³/mol. The number of hydrogen-bond acceptors (Lipinski definition) is 5. The molecule has 4 rings (SSSR count). The van der Waals surface area contributed by atoms with Gasteiger partial charge in [0.05, 0.1) is 11.4 Å². The van der Waals surface area contributed by atoms with E-state index in [9.17, 15) is 18.0 Å². The van der Waals surface area contributed by atoms with Gasteiger partial charge in [0.25, 0.3) is 0 Å². The number of nitrogens with one attached hydrogen (secondary N) is 2. The highest BCUT2D eigenvalue weighted by atomic mass is 32.2. The van der Waals surface area contributed by atoms with Crippen molar-refractivity contribution in [1.82, 2.24) is 19.8 Å². The monoisotopic (exact) mass is 456 g/mol.